The van der Waals surface area contributed by atoms with Gasteiger partial charge in [0.05, 0.1) is 10.5 Å². The summed E-state index contributed by atoms with van der Waals surface area (Å²) >= 11 is 0. The smallest absolute Gasteiger partial charge is 0.175 e. The van der Waals surface area contributed by atoms with Crippen molar-refractivity contribution in [1.82, 2.24) is 0 Å². The highest BCUT2D eigenvalue weighted by Crippen LogP contribution is 2.27. The number of hydrogen-bond donors (Lipinski definition) is 0. The molecule has 0 N–H and O–H groups in total. The highest BCUT2D eigenvalue weighted by atomic mass is 32.2. The number of rotatable bonds is 4. The Morgan fingerprint density at radius 1 is 1.15 bits per heavy atom. The first-order valence-electron chi connectivity index (χ1n) is 5.63. The summed E-state index contributed by atoms with van der Waals surface area (Å²) in [6.45, 7) is 0. The number of carbonyl (C=O) groups is 1. The van der Waals surface area contributed by atoms with Gasteiger partial charge in [-0.3, -0.25) is 4.79 Å². The van der Waals surface area contributed by atoms with Crippen LogP contribution in [-0.4, -0.2) is 21.0 Å². The second-order valence-corrected chi connectivity index (χ2v) is 6.13. The second kappa shape index (κ2) is 5.42. The molecule has 0 fully saturated rings. The van der Waals surface area contributed by atoms with Gasteiger partial charge in [0.1, 0.15) is 17.3 Å². The Hall–Kier alpha value is -2.21. The van der Waals surface area contributed by atoms with Crippen molar-refractivity contribution >= 4 is 16.1 Å². The van der Waals surface area contributed by atoms with Crippen LogP contribution in [0.4, 0.5) is 4.39 Å². The van der Waals surface area contributed by atoms with Crippen molar-refractivity contribution in [3.63, 3.8) is 0 Å². The zero-order chi connectivity index (χ0) is 14.8. The minimum atomic E-state index is -3.37. The number of carbonyl (C=O) groups excluding carboxylic acids is 1. The molecule has 6 heteroatoms. The molecule has 0 saturated carbocycles. The zero-order valence-corrected chi connectivity index (χ0v) is 11.4. The molecule has 4 nitrogen and oxygen atoms in total. The predicted octanol–water partition coefficient (Wildman–Crippen LogP) is 2.83. The maximum Gasteiger partial charge on any atom is 0.175 e. The van der Waals surface area contributed by atoms with Crippen molar-refractivity contribution in [2.45, 2.75) is 4.90 Å². The Balaban J connectivity index is 2.41. The molecule has 0 spiro atoms. The Bertz CT molecular complexity index is 754. The van der Waals surface area contributed by atoms with E-state index in [1.165, 1.54) is 36.4 Å². The molecule has 0 unspecified atom stereocenters. The van der Waals surface area contributed by atoms with Gasteiger partial charge >= 0.3 is 0 Å². The van der Waals surface area contributed by atoms with Gasteiger partial charge in [0.2, 0.25) is 0 Å². The van der Waals surface area contributed by atoms with Crippen molar-refractivity contribution in [2.24, 2.45) is 0 Å². The van der Waals surface area contributed by atoms with Crippen LogP contribution in [-0.2, 0) is 9.84 Å². The van der Waals surface area contributed by atoms with Crippen molar-refractivity contribution in [1.29, 1.82) is 0 Å². The molecule has 0 aliphatic heterocycles. The molecule has 0 saturated heterocycles. The van der Waals surface area contributed by atoms with Crippen LogP contribution >= 0.6 is 0 Å². The fourth-order valence-corrected chi connectivity index (χ4v) is 2.27. The lowest BCUT2D eigenvalue weighted by Gasteiger charge is -2.09. The van der Waals surface area contributed by atoms with Crippen molar-refractivity contribution < 1.29 is 22.3 Å². The number of sulfone groups is 1. The van der Waals surface area contributed by atoms with Gasteiger partial charge in [-0.2, -0.15) is 0 Å². The summed E-state index contributed by atoms with van der Waals surface area (Å²) in [6, 6.07) is 9.74. The Morgan fingerprint density at radius 3 is 2.50 bits per heavy atom. The molecule has 0 aromatic heterocycles. The maximum atomic E-state index is 13.4. The number of halogens is 1. The van der Waals surface area contributed by atoms with Crippen LogP contribution in [0.3, 0.4) is 0 Å². The van der Waals surface area contributed by atoms with Gasteiger partial charge in [-0.1, -0.05) is 12.1 Å². The lowest BCUT2D eigenvalue weighted by atomic mass is 10.2. The van der Waals surface area contributed by atoms with Gasteiger partial charge in [0.25, 0.3) is 0 Å². The molecule has 104 valence electrons. The predicted molar refractivity (Wildman–Crippen MR) is 71.4 cm³/mol. The summed E-state index contributed by atoms with van der Waals surface area (Å²) in [5.74, 6) is -0.455. The molecule has 0 radical (unpaired) electrons. The summed E-state index contributed by atoms with van der Waals surface area (Å²) in [7, 11) is -3.37. The van der Waals surface area contributed by atoms with E-state index >= 15 is 0 Å². The van der Waals surface area contributed by atoms with Crippen LogP contribution in [0.5, 0.6) is 11.5 Å². The van der Waals surface area contributed by atoms with Gasteiger partial charge in [-0.15, -0.1) is 0 Å². The van der Waals surface area contributed by atoms with Crippen LogP contribution in [0.1, 0.15) is 10.4 Å². The molecule has 0 aliphatic rings. The van der Waals surface area contributed by atoms with Gasteiger partial charge in [-0.25, -0.2) is 12.8 Å². The number of aldehydes is 1. The van der Waals surface area contributed by atoms with Gasteiger partial charge in [-0.05, 0) is 30.3 Å². The largest absolute Gasteiger partial charge is 0.456 e. The highest BCUT2D eigenvalue weighted by molar-refractivity contribution is 7.90. The highest BCUT2D eigenvalue weighted by Gasteiger charge is 2.12. The monoisotopic (exact) mass is 294 g/mol. The molecule has 2 aromatic carbocycles. The van der Waals surface area contributed by atoms with Crippen LogP contribution in [0.2, 0.25) is 0 Å². The second-order valence-electron chi connectivity index (χ2n) is 4.12. The third kappa shape index (κ3) is 3.03. The molecule has 0 amide bonds. The summed E-state index contributed by atoms with van der Waals surface area (Å²) in [5.41, 5.74) is -0.211. The standard InChI is InChI=1S/C14H11FO4S/c1-20(17,18)11-5-2-4-10(8-11)19-14-7-3-6-13(15)12(14)9-16/h2-9H,1H3. The van der Waals surface area contributed by atoms with Crippen molar-refractivity contribution in [3.8, 4) is 11.5 Å². The molecular formula is C14H11FO4S. The van der Waals surface area contributed by atoms with E-state index in [-0.39, 0.29) is 22.0 Å². The minimum Gasteiger partial charge on any atom is -0.456 e. The minimum absolute atomic E-state index is 0.0330. The van der Waals surface area contributed by atoms with Gasteiger partial charge < -0.3 is 4.74 Å². The Labute approximate surface area is 115 Å². The normalized spacial score (nSPS) is 11.1. The lowest BCUT2D eigenvalue weighted by molar-refractivity contribution is 0.111. The third-order valence-corrected chi connectivity index (χ3v) is 3.70. The zero-order valence-electron chi connectivity index (χ0n) is 10.5. The van der Waals surface area contributed by atoms with E-state index in [1.54, 1.807) is 0 Å². The molecular weight excluding hydrogens is 283 g/mol. The molecule has 20 heavy (non-hydrogen) atoms. The van der Waals surface area contributed by atoms with E-state index in [0.717, 1.165) is 12.3 Å². The fraction of sp³-hybridized carbons (Fsp3) is 0.0714. The van der Waals surface area contributed by atoms with Crippen LogP contribution in [0.15, 0.2) is 47.4 Å². The molecule has 0 bridgehead atoms. The molecule has 0 heterocycles. The van der Waals surface area contributed by atoms with Crippen LogP contribution in [0.25, 0.3) is 0 Å². The van der Waals surface area contributed by atoms with Crippen LogP contribution in [0, 0.1) is 5.82 Å². The molecule has 2 aromatic rings. The first-order chi connectivity index (χ1) is 9.41. The summed E-state index contributed by atoms with van der Waals surface area (Å²) in [6.07, 6.45) is 1.43. The topological polar surface area (TPSA) is 60.4 Å². The van der Waals surface area contributed by atoms with E-state index in [4.69, 9.17) is 4.74 Å². The van der Waals surface area contributed by atoms with E-state index in [1.807, 2.05) is 0 Å². The lowest BCUT2D eigenvalue weighted by Crippen LogP contribution is -1.98. The van der Waals surface area contributed by atoms with E-state index in [2.05, 4.69) is 0 Å². The first kappa shape index (κ1) is 14.2. The summed E-state index contributed by atoms with van der Waals surface area (Å²) < 4.78 is 41.7. The summed E-state index contributed by atoms with van der Waals surface area (Å²) in [5, 5.41) is 0. The third-order valence-electron chi connectivity index (χ3n) is 2.59. The maximum absolute atomic E-state index is 13.4. The van der Waals surface area contributed by atoms with Gasteiger partial charge in [0, 0.05) is 6.26 Å². The molecule has 0 aliphatic carbocycles. The van der Waals surface area contributed by atoms with E-state index < -0.39 is 15.7 Å². The quantitative estimate of drug-likeness (QED) is 0.814. The fourth-order valence-electron chi connectivity index (χ4n) is 1.62. The van der Waals surface area contributed by atoms with Crippen molar-refractivity contribution in [2.75, 3.05) is 6.26 Å². The molecule has 0 atom stereocenters. The van der Waals surface area contributed by atoms with E-state index in [9.17, 15) is 17.6 Å². The number of ether oxygens (including phenoxy) is 1. The average Bonchev–Trinajstić information content (AvgIpc) is 2.38. The van der Waals surface area contributed by atoms with E-state index in [0.29, 0.717) is 6.29 Å². The van der Waals surface area contributed by atoms with Gasteiger partial charge in [0.15, 0.2) is 16.1 Å². The van der Waals surface area contributed by atoms with Crippen LogP contribution < -0.4 is 4.74 Å². The summed E-state index contributed by atoms with van der Waals surface area (Å²) in [4.78, 5) is 10.9. The average molecular weight is 294 g/mol. The first-order valence-corrected chi connectivity index (χ1v) is 7.52. The Morgan fingerprint density at radius 2 is 1.85 bits per heavy atom. The number of hydrogen-bond acceptors (Lipinski definition) is 4. The molecule has 2 rings (SSSR count). The van der Waals surface area contributed by atoms with Crippen molar-refractivity contribution in [3.05, 3.63) is 53.8 Å². The number of benzene rings is 2. The SMILES string of the molecule is CS(=O)(=O)c1cccc(Oc2cccc(F)c2C=O)c1. The Kier molecular flexibility index (Phi) is 3.85.